The third-order valence-electron chi connectivity index (χ3n) is 1.91. The second-order valence-corrected chi connectivity index (χ2v) is 4.35. The summed E-state index contributed by atoms with van der Waals surface area (Å²) in [5, 5.41) is 6.13. The SMILES string of the molecule is Clc1ccccc1NCc1cccs1. The van der Waals surface area contributed by atoms with Crippen molar-refractivity contribution in [2.24, 2.45) is 0 Å². The van der Waals surface area contributed by atoms with E-state index in [0.717, 1.165) is 17.3 Å². The van der Waals surface area contributed by atoms with Crippen molar-refractivity contribution < 1.29 is 0 Å². The van der Waals surface area contributed by atoms with E-state index in [0.29, 0.717) is 0 Å². The molecule has 1 N–H and O–H groups in total. The van der Waals surface area contributed by atoms with Gasteiger partial charge in [0.2, 0.25) is 0 Å². The van der Waals surface area contributed by atoms with Gasteiger partial charge < -0.3 is 5.32 Å². The molecule has 14 heavy (non-hydrogen) atoms. The Morgan fingerprint density at radius 1 is 1.14 bits per heavy atom. The van der Waals surface area contributed by atoms with Crippen LogP contribution >= 0.6 is 22.9 Å². The van der Waals surface area contributed by atoms with Gasteiger partial charge in [0, 0.05) is 11.4 Å². The molecular formula is C11H10ClNS. The Bertz CT molecular complexity index is 397. The number of hydrogen-bond donors (Lipinski definition) is 1. The summed E-state index contributed by atoms with van der Waals surface area (Å²) in [5.41, 5.74) is 0.988. The molecule has 0 unspecified atom stereocenters. The van der Waals surface area contributed by atoms with Crippen molar-refractivity contribution in [2.75, 3.05) is 5.32 Å². The van der Waals surface area contributed by atoms with E-state index in [1.54, 1.807) is 11.3 Å². The van der Waals surface area contributed by atoms with E-state index < -0.39 is 0 Å². The van der Waals surface area contributed by atoms with Crippen LogP contribution in [-0.2, 0) is 6.54 Å². The Morgan fingerprint density at radius 2 is 2.00 bits per heavy atom. The van der Waals surface area contributed by atoms with E-state index in [1.807, 2.05) is 30.3 Å². The average Bonchev–Trinajstić information content (AvgIpc) is 2.69. The summed E-state index contributed by atoms with van der Waals surface area (Å²) in [7, 11) is 0. The van der Waals surface area contributed by atoms with Gasteiger partial charge in [-0.25, -0.2) is 0 Å². The third-order valence-corrected chi connectivity index (χ3v) is 3.11. The molecule has 0 fully saturated rings. The molecule has 3 heteroatoms. The first-order valence-electron chi connectivity index (χ1n) is 4.37. The minimum Gasteiger partial charge on any atom is -0.379 e. The lowest BCUT2D eigenvalue weighted by Gasteiger charge is -2.05. The summed E-state index contributed by atoms with van der Waals surface area (Å²) in [6.45, 7) is 0.835. The zero-order valence-corrected chi connectivity index (χ0v) is 9.11. The van der Waals surface area contributed by atoms with Crippen molar-refractivity contribution in [3.05, 3.63) is 51.7 Å². The summed E-state index contributed by atoms with van der Waals surface area (Å²) in [6, 6.07) is 11.9. The first-order chi connectivity index (χ1) is 6.86. The molecule has 1 aromatic carbocycles. The quantitative estimate of drug-likeness (QED) is 0.829. The molecule has 0 aliphatic carbocycles. The van der Waals surface area contributed by atoms with Gasteiger partial charge in [-0.3, -0.25) is 0 Å². The maximum atomic E-state index is 6.01. The number of benzene rings is 1. The largest absolute Gasteiger partial charge is 0.379 e. The van der Waals surface area contributed by atoms with Crippen LogP contribution in [0, 0.1) is 0 Å². The Kier molecular flexibility index (Phi) is 3.07. The van der Waals surface area contributed by atoms with Crippen LogP contribution in [0.15, 0.2) is 41.8 Å². The standard InChI is InChI=1S/C11H10ClNS/c12-10-5-1-2-6-11(10)13-8-9-4-3-7-14-9/h1-7,13H,8H2. The molecule has 0 bridgehead atoms. The van der Waals surface area contributed by atoms with Gasteiger partial charge in [-0.1, -0.05) is 29.8 Å². The van der Waals surface area contributed by atoms with Crippen molar-refractivity contribution in [1.29, 1.82) is 0 Å². The molecule has 0 saturated carbocycles. The van der Waals surface area contributed by atoms with Crippen LogP contribution in [-0.4, -0.2) is 0 Å². The fourth-order valence-corrected chi connectivity index (χ4v) is 2.05. The lowest BCUT2D eigenvalue weighted by molar-refractivity contribution is 1.19. The van der Waals surface area contributed by atoms with Gasteiger partial charge in [0.15, 0.2) is 0 Å². The van der Waals surface area contributed by atoms with Crippen LogP contribution < -0.4 is 5.32 Å². The van der Waals surface area contributed by atoms with Crippen LogP contribution in [0.4, 0.5) is 5.69 Å². The predicted octanol–water partition coefficient (Wildman–Crippen LogP) is 4.01. The summed E-state index contributed by atoms with van der Waals surface area (Å²) in [5.74, 6) is 0. The molecule has 1 heterocycles. The highest BCUT2D eigenvalue weighted by Crippen LogP contribution is 2.21. The van der Waals surface area contributed by atoms with E-state index >= 15 is 0 Å². The van der Waals surface area contributed by atoms with E-state index in [2.05, 4.69) is 16.8 Å². The highest BCUT2D eigenvalue weighted by Gasteiger charge is 1.98. The van der Waals surface area contributed by atoms with E-state index in [-0.39, 0.29) is 0 Å². The van der Waals surface area contributed by atoms with Crippen LogP contribution in [0.1, 0.15) is 4.88 Å². The highest BCUT2D eigenvalue weighted by molar-refractivity contribution is 7.09. The monoisotopic (exact) mass is 223 g/mol. The lowest BCUT2D eigenvalue weighted by Crippen LogP contribution is -1.97. The van der Waals surface area contributed by atoms with Gasteiger partial charge >= 0.3 is 0 Å². The zero-order chi connectivity index (χ0) is 9.80. The topological polar surface area (TPSA) is 12.0 Å². The smallest absolute Gasteiger partial charge is 0.0637 e. The van der Waals surface area contributed by atoms with Crippen LogP contribution in [0.2, 0.25) is 5.02 Å². The molecule has 0 aliphatic rings. The van der Waals surface area contributed by atoms with Gasteiger partial charge in [-0.2, -0.15) is 0 Å². The third kappa shape index (κ3) is 2.28. The molecule has 0 aliphatic heterocycles. The molecule has 0 saturated heterocycles. The molecule has 2 aromatic rings. The number of anilines is 1. The maximum absolute atomic E-state index is 6.01. The predicted molar refractivity (Wildman–Crippen MR) is 63.1 cm³/mol. The summed E-state index contributed by atoms with van der Waals surface area (Å²) in [6.07, 6.45) is 0. The van der Waals surface area contributed by atoms with Gasteiger partial charge in [0.25, 0.3) is 0 Å². The van der Waals surface area contributed by atoms with Crippen LogP contribution in [0.25, 0.3) is 0 Å². The minimum atomic E-state index is 0.768. The van der Waals surface area contributed by atoms with Crippen molar-refractivity contribution in [3.63, 3.8) is 0 Å². The van der Waals surface area contributed by atoms with E-state index in [4.69, 9.17) is 11.6 Å². The Labute approximate surface area is 92.3 Å². The lowest BCUT2D eigenvalue weighted by atomic mass is 10.3. The first kappa shape index (κ1) is 9.56. The molecule has 0 spiro atoms. The fourth-order valence-electron chi connectivity index (χ4n) is 1.20. The van der Waals surface area contributed by atoms with Gasteiger partial charge in [0.1, 0.15) is 0 Å². The molecule has 1 nitrogen and oxygen atoms in total. The van der Waals surface area contributed by atoms with Crippen molar-refractivity contribution >= 4 is 28.6 Å². The summed E-state index contributed by atoms with van der Waals surface area (Å²) in [4.78, 5) is 1.31. The Balaban J connectivity index is 2.02. The van der Waals surface area contributed by atoms with Crippen LogP contribution in [0.5, 0.6) is 0 Å². The number of nitrogens with one attached hydrogen (secondary N) is 1. The average molecular weight is 224 g/mol. The molecule has 72 valence electrons. The van der Waals surface area contributed by atoms with Crippen LogP contribution in [0.3, 0.4) is 0 Å². The summed E-state index contributed by atoms with van der Waals surface area (Å²) >= 11 is 7.75. The number of para-hydroxylation sites is 1. The summed E-state index contributed by atoms with van der Waals surface area (Å²) < 4.78 is 0. The Morgan fingerprint density at radius 3 is 2.71 bits per heavy atom. The molecule has 2 rings (SSSR count). The Hall–Kier alpha value is -0.990. The molecule has 0 amide bonds. The number of rotatable bonds is 3. The van der Waals surface area contributed by atoms with E-state index in [1.165, 1.54) is 4.88 Å². The van der Waals surface area contributed by atoms with Crippen molar-refractivity contribution in [2.45, 2.75) is 6.54 Å². The fraction of sp³-hybridized carbons (Fsp3) is 0.0909. The molecule has 0 atom stereocenters. The second-order valence-electron chi connectivity index (χ2n) is 2.91. The number of thiophene rings is 1. The number of halogens is 1. The zero-order valence-electron chi connectivity index (χ0n) is 7.53. The van der Waals surface area contributed by atoms with Gasteiger partial charge in [-0.15, -0.1) is 11.3 Å². The second kappa shape index (κ2) is 4.49. The van der Waals surface area contributed by atoms with Gasteiger partial charge in [-0.05, 0) is 23.6 Å². The number of hydrogen-bond acceptors (Lipinski definition) is 2. The molecular weight excluding hydrogens is 214 g/mol. The van der Waals surface area contributed by atoms with Crippen molar-refractivity contribution in [3.8, 4) is 0 Å². The molecule has 1 aromatic heterocycles. The van der Waals surface area contributed by atoms with E-state index in [9.17, 15) is 0 Å². The normalized spacial score (nSPS) is 10.1. The minimum absolute atomic E-state index is 0.768. The maximum Gasteiger partial charge on any atom is 0.0637 e. The van der Waals surface area contributed by atoms with Crippen molar-refractivity contribution in [1.82, 2.24) is 0 Å². The first-order valence-corrected chi connectivity index (χ1v) is 5.63. The van der Waals surface area contributed by atoms with Gasteiger partial charge in [0.05, 0.1) is 10.7 Å². The molecule has 0 radical (unpaired) electrons. The highest BCUT2D eigenvalue weighted by atomic mass is 35.5.